The molecule has 1 N–H and O–H groups in total. The average Bonchev–Trinajstić information content (AvgIpc) is 3.03. The fraction of sp³-hybridized carbons (Fsp3) is 0.412. The number of nitrogens with one attached hydrogen (secondary N) is 1. The third-order valence-electron chi connectivity index (χ3n) is 3.88. The SMILES string of the molecule is CCC(C#N)C(COC)n1cc(C=O)c(Nc2cc(F)nc(OC)c2)n1. The van der Waals surface area contributed by atoms with E-state index in [1.807, 2.05) is 6.92 Å². The van der Waals surface area contributed by atoms with E-state index in [-0.39, 0.29) is 35.8 Å². The Bertz CT molecular complexity index is 802. The van der Waals surface area contributed by atoms with Crippen LogP contribution in [0.25, 0.3) is 0 Å². The molecule has 0 aliphatic heterocycles. The van der Waals surface area contributed by atoms with Gasteiger partial charge in [-0.1, -0.05) is 6.92 Å². The number of anilines is 2. The minimum atomic E-state index is -0.730. The second-order valence-electron chi connectivity index (χ2n) is 5.54. The molecule has 0 radical (unpaired) electrons. The van der Waals surface area contributed by atoms with Crippen LogP contribution in [0.4, 0.5) is 15.9 Å². The lowest BCUT2D eigenvalue weighted by Crippen LogP contribution is -2.23. The van der Waals surface area contributed by atoms with E-state index in [9.17, 15) is 14.4 Å². The van der Waals surface area contributed by atoms with Gasteiger partial charge < -0.3 is 14.8 Å². The van der Waals surface area contributed by atoms with Crippen molar-refractivity contribution in [2.45, 2.75) is 19.4 Å². The number of hydrogen-bond donors (Lipinski definition) is 1. The molecule has 0 aliphatic carbocycles. The summed E-state index contributed by atoms with van der Waals surface area (Å²) in [6.07, 6.45) is 2.78. The minimum absolute atomic E-state index is 0.0902. The van der Waals surface area contributed by atoms with Crippen LogP contribution in [0.5, 0.6) is 5.88 Å². The van der Waals surface area contributed by atoms with E-state index in [1.54, 1.807) is 0 Å². The first kappa shape index (κ1) is 19.3. The van der Waals surface area contributed by atoms with Crippen LogP contribution in [0.3, 0.4) is 0 Å². The Kier molecular flexibility index (Phi) is 6.63. The first-order chi connectivity index (χ1) is 12.6. The van der Waals surface area contributed by atoms with Crippen LogP contribution in [-0.4, -0.2) is 41.9 Å². The van der Waals surface area contributed by atoms with Gasteiger partial charge in [0.25, 0.3) is 0 Å². The highest BCUT2D eigenvalue weighted by Crippen LogP contribution is 2.26. The zero-order valence-electron chi connectivity index (χ0n) is 14.8. The van der Waals surface area contributed by atoms with Crippen LogP contribution >= 0.6 is 0 Å². The van der Waals surface area contributed by atoms with E-state index in [1.165, 1.54) is 31.2 Å². The number of carbonyl (C=O) groups is 1. The molecule has 0 spiro atoms. The molecule has 0 saturated carbocycles. The average molecular weight is 361 g/mol. The molecule has 138 valence electrons. The van der Waals surface area contributed by atoms with Gasteiger partial charge in [-0.05, 0) is 6.42 Å². The summed E-state index contributed by atoms with van der Waals surface area (Å²) >= 11 is 0. The van der Waals surface area contributed by atoms with Gasteiger partial charge in [0.05, 0.1) is 37.3 Å². The van der Waals surface area contributed by atoms with E-state index in [2.05, 4.69) is 21.5 Å². The Balaban J connectivity index is 2.37. The van der Waals surface area contributed by atoms with Crippen LogP contribution in [0, 0.1) is 23.2 Å². The Morgan fingerprint density at radius 2 is 2.23 bits per heavy atom. The first-order valence-corrected chi connectivity index (χ1v) is 7.97. The molecule has 0 aromatic carbocycles. The number of aromatic nitrogens is 3. The molecule has 0 fully saturated rings. The van der Waals surface area contributed by atoms with Gasteiger partial charge in [0, 0.05) is 31.1 Å². The summed E-state index contributed by atoms with van der Waals surface area (Å²) in [5.41, 5.74) is 0.605. The third kappa shape index (κ3) is 4.34. The van der Waals surface area contributed by atoms with Gasteiger partial charge in [-0.2, -0.15) is 19.7 Å². The predicted octanol–water partition coefficient (Wildman–Crippen LogP) is 2.72. The van der Waals surface area contributed by atoms with Gasteiger partial charge in [-0.25, -0.2) is 0 Å². The number of nitrogens with zero attached hydrogens (tertiary/aromatic N) is 4. The molecule has 2 aromatic rings. The van der Waals surface area contributed by atoms with Crippen molar-refractivity contribution >= 4 is 17.8 Å². The Morgan fingerprint density at radius 3 is 2.81 bits per heavy atom. The Labute approximate surface area is 150 Å². The Hall–Kier alpha value is -2.99. The molecule has 2 atom stereocenters. The maximum Gasteiger partial charge on any atom is 0.218 e. The molecule has 2 aromatic heterocycles. The molecule has 2 unspecified atom stereocenters. The molecule has 0 aliphatic rings. The molecule has 26 heavy (non-hydrogen) atoms. The highest BCUT2D eigenvalue weighted by atomic mass is 19.1. The second kappa shape index (κ2) is 8.92. The summed E-state index contributed by atoms with van der Waals surface area (Å²) in [6.45, 7) is 2.16. The lowest BCUT2D eigenvalue weighted by molar-refractivity contribution is 0.112. The maximum absolute atomic E-state index is 13.6. The normalized spacial score (nSPS) is 12.9. The van der Waals surface area contributed by atoms with E-state index < -0.39 is 5.95 Å². The quantitative estimate of drug-likeness (QED) is 0.541. The largest absolute Gasteiger partial charge is 0.481 e. The van der Waals surface area contributed by atoms with Gasteiger partial charge >= 0.3 is 0 Å². The lowest BCUT2D eigenvalue weighted by atomic mass is 9.99. The fourth-order valence-electron chi connectivity index (χ4n) is 2.54. The predicted molar refractivity (Wildman–Crippen MR) is 92.0 cm³/mol. The summed E-state index contributed by atoms with van der Waals surface area (Å²) in [4.78, 5) is 15.0. The monoisotopic (exact) mass is 361 g/mol. The van der Waals surface area contributed by atoms with Crippen molar-refractivity contribution in [2.24, 2.45) is 5.92 Å². The van der Waals surface area contributed by atoms with Crippen molar-refractivity contribution in [1.29, 1.82) is 5.26 Å². The van der Waals surface area contributed by atoms with E-state index in [4.69, 9.17) is 9.47 Å². The molecule has 2 rings (SSSR count). The zero-order valence-corrected chi connectivity index (χ0v) is 14.8. The number of aldehydes is 1. The van der Waals surface area contributed by atoms with Crippen molar-refractivity contribution in [2.75, 3.05) is 26.1 Å². The van der Waals surface area contributed by atoms with E-state index in [0.29, 0.717) is 18.4 Å². The van der Waals surface area contributed by atoms with Crippen molar-refractivity contribution < 1.29 is 18.7 Å². The first-order valence-electron chi connectivity index (χ1n) is 7.97. The molecular weight excluding hydrogens is 341 g/mol. The van der Waals surface area contributed by atoms with Gasteiger partial charge in [-0.15, -0.1) is 0 Å². The lowest BCUT2D eigenvalue weighted by Gasteiger charge is -2.20. The molecule has 0 amide bonds. The van der Waals surface area contributed by atoms with Crippen LogP contribution < -0.4 is 10.1 Å². The maximum atomic E-state index is 13.6. The molecule has 2 heterocycles. The zero-order chi connectivity index (χ0) is 19.1. The summed E-state index contributed by atoms with van der Waals surface area (Å²) in [5, 5.41) is 16.6. The van der Waals surface area contributed by atoms with Crippen molar-refractivity contribution in [1.82, 2.24) is 14.8 Å². The summed E-state index contributed by atoms with van der Waals surface area (Å²) in [5.74, 6) is -0.735. The smallest absolute Gasteiger partial charge is 0.218 e. The second-order valence-corrected chi connectivity index (χ2v) is 5.54. The number of ether oxygens (including phenoxy) is 2. The van der Waals surface area contributed by atoms with Crippen LogP contribution in [0.1, 0.15) is 29.7 Å². The van der Waals surface area contributed by atoms with E-state index >= 15 is 0 Å². The number of carbonyl (C=O) groups excluding carboxylic acids is 1. The highest BCUT2D eigenvalue weighted by Gasteiger charge is 2.24. The molecule has 0 saturated heterocycles. The summed E-state index contributed by atoms with van der Waals surface area (Å²) in [7, 11) is 2.91. The number of halogens is 1. The third-order valence-corrected chi connectivity index (χ3v) is 3.88. The molecular formula is C17H20FN5O3. The molecule has 8 nitrogen and oxygen atoms in total. The number of hydrogen-bond acceptors (Lipinski definition) is 7. The van der Waals surface area contributed by atoms with Gasteiger partial charge in [-0.3, -0.25) is 9.48 Å². The highest BCUT2D eigenvalue weighted by molar-refractivity contribution is 5.83. The fourth-order valence-corrected chi connectivity index (χ4v) is 2.54. The van der Waals surface area contributed by atoms with Crippen LogP contribution in [-0.2, 0) is 4.74 Å². The van der Waals surface area contributed by atoms with Crippen LogP contribution in [0.15, 0.2) is 18.3 Å². The minimum Gasteiger partial charge on any atom is -0.481 e. The van der Waals surface area contributed by atoms with Crippen molar-refractivity contribution in [3.63, 3.8) is 0 Å². The number of methoxy groups -OCH3 is 2. The van der Waals surface area contributed by atoms with E-state index in [0.717, 1.165) is 6.07 Å². The van der Waals surface area contributed by atoms with Gasteiger partial charge in [0.1, 0.15) is 0 Å². The number of pyridine rings is 1. The molecule has 9 heteroatoms. The summed E-state index contributed by atoms with van der Waals surface area (Å²) in [6, 6.07) is 4.52. The summed E-state index contributed by atoms with van der Waals surface area (Å²) < 4.78 is 25.2. The van der Waals surface area contributed by atoms with Crippen molar-refractivity contribution in [3.05, 3.63) is 29.8 Å². The topological polar surface area (TPSA) is 102 Å². The van der Waals surface area contributed by atoms with Crippen molar-refractivity contribution in [3.8, 4) is 11.9 Å². The van der Waals surface area contributed by atoms with Crippen LogP contribution in [0.2, 0.25) is 0 Å². The molecule has 0 bridgehead atoms. The van der Waals surface area contributed by atoms with Gasteiger partial charge in [0.15, 0.2) is 12.1 Å². The Morgan fingerprint density at radius 1 is 1.46 bits per heavy atom. The standard InChI is InChI=1S/C17H20FN5O3/c1-4-11(7-19)14(10-25-2)23-8-12(9-24)17(22-23)20-13-5-15(18)21-16(6-13)26-3/h5-6,8-9,11,14H,4,10H2,1-3H3,(H,20,21,22). The number of rotatable bonds is 9. The van der Waals surface area contributed by atoms with Gasteiger partial charge in [0.2, 0.25) is 11.8 Å². The number of nitriles is 1.